The van der Waals surface area contributed by atoms with Gasteiger partial charge in [-0.2, -0.15) is 0 Å². The molecule has 0 radical (unpaired) electrons. The normalized spacial score (nSPS) is 25.1. The summed E-state index contributed by atoms with van der Waals surface area (Å²) < 4.78 is 5.14. The second-order valence-corrected chi connectivity index (χ2v) is 6.32. The van der Waals surface area contributed by atoms with E-state index in [-0.39, 0.29) is 11.3 Å². The monoisotopic (exact) mass is 261 g/mol. The maximum atomic E-state index is 11.5. The van der Waals surface area contributed by atoms with Crippen LogP contribution in [0, 0.1) is 0 Å². The highest BCUT2D eigenvalue weighted by Crippen LogP contribution is 2.25. The molecule has 1 amide bonds. The van der Waals surface area contributed by atoms with Crippen molar-refractivity contribution in [3.05, 3.63) is 0 Å². The summed E-state index contributed by atoms with van der Waals surface area (Å²) in [7, 11) is 0. The zero-order valence-corrected chi connectivity index (χ0v) is 11.2. The van der Waals surface area contributed by atoms with Crippen molar-refractivity contribution in [2.75, 3.05) is 5.75 Å². The molecule has 0 bridgehead atoms. The molecule has 0 aromatic heterocycles. The van der Waals surface area contributed by atoms with Gasteiger partial charge in [-0.05, 0) is 33.6 Å². The number of carboxylic acids is 1. The maximum absolute atomic E-state index is 11.5. The van der Waals surface area contributed by atoms with Crippen molar-refractivity contribution in [1.29, 1.82) is 0 Å². The van der Waals surface area contributed by atoms with E-state index in [0.29, 0.717) is 18.6 Å². The lowest BCUT2D eigenvalue weighted by Crippen LogP contribution is -2.43. The third-order valence-corrected chi connectivity index (χ3v) is 3.71. The first kappa shape index (κ1) is 14.2. The van der Waals surface area contributed by atoms with Gasteiger partial charge in [-0.1, -0.05) is 0 Å². The van der Waals surface area contributed by atoms with E-state index < -0.39 is 17.7 Å². The van der Waals surface area contributed by atoms with E-state index in [0.717, 1.165) is 0 Å². The SMILES string of the molecule is CC(C)(C)OC(=O)NC1CCC(C(=O)O)SC1. The van der Waals surface area contributed by atoms with Gasteiger partial charge in [-0.3, -0.25) is 4.79 Å². The van der Waals surface area contributed by atoms with Gasteiger partial charge < -0.3 is 15.2 Å². The van der Waals surface area contributed by atoms with Crippen LogP contribution in [0.1, 0.15) is 33.6 Å². The van der Waals surface area contributed by atoms with Crippen molar-refractivity contribution in [2.24, 2.45) is 0 Å². The standard InChI is InChI=1S/C11H19NO4S/c1-11(2,3)16-10(15)12-7-4-5-8(9(13)14)17-6-7/h7-8H,4-6H2,1-3H3,(H,12,15)(H,13,14). The molecule has 1 rings (SSSR count). The van der Waals surface area contributed by atoms with Crippen LogP contribution < -0.4 is 5.32 Å². The second kappa shape index (κ2) is 5.62. The number of alkyl carbamates (subject to hydrolysis) is 1. The van der Waals surface area contributed by atoms with Crippen LogP contribution in [0.15, 0.2) is 0 Å². The Morgan fingerprint density at radius 3 is 2.41 bits per heavy atom. The molecule has 1 aliphatic rings. The molecular formula is C11H19NO4S. The minimum Gasteiger partial charge on any atom is -0.480 e. The summed E-state index contributed by atoms with van der Waals surface area (Å²) in [6, 6.07) is 0.00505. The third kappa shape index (κ3) is 5.30. The van der Waals surface area contributed by atoms with E-state index in [4.69, 9.17) is 9.84 Å². The molecule has 0 aliphatic carbocycles. The van der Waals surface area contributed by atoms with Gasteiger partial charge in [0.2, 0.25) is 0 Å². The third-order valence-electron chi connectivity index (χ3n) is 2.27. The van der Waals surface area contributed by atoms with Crippen molar-refractivity contribution in [1.82, 2.24) is 5.32 Å². The van der Waals surface area contributed by atoms with Crippen LogP contribution in [-0.2, 0) is 9.53 Å². The van der Waals surface area contributed by atoms with E-state index >= 15 is 0 Å². The molecule has 0 spiro atoms. The number of hydrogen-bond acceptors (Lipinski definition) is 4. The molecule has 98 valence electrons. The van der Waals surface area contributed by atoms with Crippen LogP contribution in [0.2, 0.25) is 0 Å². The first-order valence-corrected chi connectivity index (χ1v) is 6.67. The second-order valence-electron chi connectivity index (χ2n) is 5.08. The van der Waals surface area contributed by atoms with Crippen molar-refractivity contribution in [2.45, 2.75) is 50.5 Å². The molecule has 6 heteroatoms. The topological polar surface area (TPSA) is 75.6 Å². The van der Waals surface area contributed by atoms with E-state index in [9.17, 15) is 9.59 Å². The zero-order chi connectivity index (χ0) is 13.1. The first-order valence-electron chi connectivity index (χ1n) is 5.62. The fraction of sp³-hybridized carbons (Fsp3) is 0.818. The Hall–Kier alpha value is -0.910. The molecule has 1 fully saturated rings. The average molecular weight is 261 g/mol. The summed E-state index contributed by atoms with van der Waals surface area (Å²) in [4.78, 5) is 22.2. The molecule has 5 nitrogen and oxygen atoms in total. The molecule has 1 heterocycles. The highest BCUT2D eigenvalue weighted by atomic mass is 32.2. The lowest BCUT2D eigenvalue weighted by atomic mass is 10.1. The number of rotatable bonds is 2. The molecule has 0 saturated carbocycles. The zero-order valence-electron chi connectivity index (χ0n) is 10.4. The number of amides is 1. The maximum Gasteiger partial charge on any atom is 0.407 e. The minimum atomic E-state index is -0.772. The van der Waals surface area contributed by atoms with Gasteiger partial charge in [0, 0.05) is 11.8 Å². The number of carbonyl (C=O) groups excluding carboxylic acids is 1. The van der Waals surface area contributed by atoms with Gasteiger partial charge in [-0.15, -0.1) is 11.8 Å². The molecule has 2 N–H and O–H groups in total. The number of carbonyl (C=O) groups is 2. The van der Waals surface area contributed by atoms with Gasteiger partial charge in [0.15, 0.2) is 0 Å². The van der Waals surface area contributed by atoms with E-state index in [1.807, 2.05) is 20.8 Å². The molecule has 17 heavy (non-hydrogen) atoms. The molecule has 1 saturated heterocycles. The van der Waals surface area contributed by atoms with Gasteiger partial charge in [-0.25, -0.2) is 4.79 Å². The van der Waals surface area contributed by atoms with Crippen molar-refractivity contribution < 1.29 is 19.4 Å². The largest absolute Gasteiger partial charge is 0.480 e. The molecule has 2 atom stereocenters. The molecule has 0 aromatic rings. The number of aliphatic carboxylic acids is 1. The molecule has 1 aliphatic heterocycles. The lowest BCUT2D eigenvalue weighted by molar-refractivity contribution is -0.136. The molecular weight excluding hydrogens is 242 g/mol. The summed E-state index contributed by atoms with van der Waals surface area (Å²) in [5.74, 6) is -0.151. The Morgan fingerprint density at radius 1 is 1.35 bits per heavy atom. The Balaban J connectivity index is 2.31. The van der Waals surface area contributed by atoms with Crippen molar-refractivity contribution in [3.63, 3.8) is 0 Å². The first-order chi connectivity index (χ1) is 7.78. The van der Waals surface area contributed by atoms with E-state index in [1.54, 1.807) is 0 Å². The predicted octanol–water partition coefficient (Wildman–Crippen LogP) is 1.86. The quantitative estimate of drug-likeness (QED) is 0.793. The van der Waals surface area contributed by atoms with Crippen LogP contribution in [-0.4, -0.2) is 39.8 Å². The Bertz CT molecular complexity index is 292. The van der Waals surface area contributed by atoms with Crippen molar-refractivity contribution >= 4 is 23.8 Å². The Morgan fingerprint density at radius 2 is 2.00 bits per heavy atom. The van der Waals surface area contributed by atoms with E-state index in [2.05, 4.69) is 5.32 Å². The van der Waals surface area contributed by atoms with Crippen molar-refractivity contribution in [3.8, 4) is 0 Å². The minimum absolute atomic E-state index is 0.00505. The predicted molar refractivity (Wildman–Crippen MR) is 66.3 cm³/mol. The Labute approximate surface area is 105 Å². The van der Waals surface area contributed by atoms with E-state index in [1.165, 1.54) is 11.8 Å². The summed E-state index contributed by atoms with van der Waals surface area (Å²) in [6.07, 6.45) is 0.834. The van der Waals surface area contributed by atoms with Crippen LogP contribution in [0.3, 0.4) is 0 Å². The Kier molecular flexibility index (Phi) is 4.68. The average Bonchev–Trinajstić information content (AvgIpc) is 2.15. The summed E-state index contributed by atoms with van der Waals surface area (Å²) >= 11 is 1.37. The summed E-state index contributed by atoms with van der Waals surface area (Å²) in [5.41, 5.74) is -0.504. The fourth-order valence-corrected chi connectivity index (χ4v) is 2.69. The van der Waals surface area contributed by atoms with Gasteiger partial charge in [0.05, 0.1) is 0 Å². The number of ether oxygens (including phenoxy) is 1. The van der Waals surface area contributed by atoms with Crippen LogP contribution in [0.25, 0.3) is 0 Å². The number of thioether (sulfide) groups is 1. The van der Waals surface area contributed by atoms with Crippen LogP contribution >= 0.6 is 11.8 Å². The number of carboxylic acid groups (broad SMARTS) is 1. The number of nitrogens with one attached hydrogen (secondary N) is 1. The van der Waals surface area contributed by atoms with Gasteiger partial charge in [0.1, 0.15) is 10.9 Å². The highest BCUT2D eigenvalue weighted by molar-refractivity contribution is 8.00. The summed E-state index contributed by atoms with van der Waals surface area (Å²) in [5, 5.41) is 11.2. The molecule has 2 unspecified atom stereocenters. The van der Waals surface area contributed by atoms with Crippen LogP contribution in [0.4, 0.5) is 4.79 Å². The smallest absolute Gasteiger partial charge is 0.407 e. The molecule has 0 aromatic carbocycles. The number of hydrogen-bond donors (Lipinski definition) is 2. The lowest BCUT2D eigenvalue weighted by Gasteiger charge is -2.28. The highest BCUT2D eigenvalue weighted by Gasteiger charge is 2.28. The van der Waals surface area contributed by atoms with Gasteiger partial charge >= 0.3 is 12.1 Å². The fourth-order valence-electron chi connectivity index (χ4n) is 1.53. The summed E-state index contributed by atoms with van der Waals surface area (Å²) in [6.45, 7) is 5.42. The van der Waals surface area contributed by atoms with Gasteiger partial charge in [0.25, 0.3) is 0 Å². The van der Waals surface area contributed by atoms with Crippen LogP contribution in [0.5, 0.6) is 0 Å².